The minimum atomic E-state index is -0.0330. The number of amides is 2. The summed E-state index contributed by atoms with van der Waals surface area (Å²) in [4.78, 5) is 24.8. The molecule has 0 fully saturated rings. The van der Waals surface area contributed by atoms with Gasteiger partial charge in [-0.15, -0.1) is 0 Å². The van der Waals surface area contributed by atoms with Crippen molar-refractivity contribution in [1.82, 2.24) is 0 Å². The van der Waals surface area contributed by atoms with Crippen LogP contribution in [0.4, 0.5) is 11.4 Å². The van der Waals surface area contributed by atoms with Crippen LogP contribution in [0.25, 0.3) is 0 Å². The zero-order valence-corrected chi connectivity index (χ0v) is 17.3. The van der Waals surface area contributed by atoms with E-state index in [-0.39, 0.29) is 23.7 Å². The van der Waals surface area contributed by atoms with Crippen molar-refractivity contribution >= 4 is 23.2 Å². The lowest BCUT2D eigenvalue weighted by atomic mass is 9.93. The zero-order valence-electron chi connectivity index (χ0n) is 17.3. The summed E-state index contributed by atoms with van der Waals surface area (Å²) in [5, 5.41) is 6.07. The van der Waals surface area contributed by atoms with Gasteiger partial charge in [0, 0.05) is 23.2 Å². The van der Waals surface area contributed by atoms with Gasteiger partial charge in [-0.3, -0.25) is 9.59 Å². The molecular formula is C22H36N2O2. The van der Waals surface area contributed by atoms with Crippen molar-refractivity contribution in [3.8, 4) is 0 Å². The molecule has 1 rings (SSSR count). The first-order valence-electron chi connectivity index (χ1n) is 10.2. The smallest absolute Gasteiger partial charge is 0.227 e. The number of benzene rings is 1. The van der Waals surface area contributed by atoms with E-state index >= 15 is 0 Å². The average molecular weight is 361 g/mol. The Morgan fingerprint density at radius 2 is 1.27 bits per heavy atom. The van der Waals surface area contributed by atoms with E-state index in [1.165, 1.54) is 0 Å². The van der Waals surface area contributed by atoms with Crippen molar-refractivity contribution in [2.24, 2.45) is 11.8 Å². The molecule has 4 heteroatoms. The lowest BCUT2D eigenvalue weighted by Gasteiger charge is -2.19. The van der Waals surface area contributed by atoms with E-state index in [4.69, 9.17) is 0 Å². The number of nitrogens with one attached hydrogen (secondary N) is 2. The van der Waals surface area contributed by atoms with Crippen molar-refractivity contribution < 1.29 is 9.59 Å². The summed E-state index contributed by atoms with van der Waals surface area (Å²) in [6, 6.07) is 5.97. The molecule has 1 aromatic carbocycles. The van der Waals surface area contributed by atoms with Crippen molar-refractivity contribution in [3.63, 3.8) is 0 Å². The van der Waals surface area contributed by atoms with Crippen LogP contribution in [0.15, 0.2) is 18.2 Å². The third-order valence-corrected chi connectivity index (χ3v) is 5.36. The summed E-state index contributed by atoms with van der Waals surface area (Å²) in [5.41, 5.74) is 2.70. The van der Waals surface area contributed by atoms with Gasteiger partial charge >= 0.3 is 0 Å². The predicted molar refractivity (Wildman–Crippen MR) is 111 cm³/mol. The van der Waals surface area contributed by atoms with Crippen LogP contribution in [0.5, 0.6) is 0 Å². The van der Waals surface area contributed by atoms with E-state index in [0.29, 0.717) is 5.92 Å². The molecule has 0 saturated carbocycles. The van der Waals surface area contributed by atoms with E-state index in [1.807, 2.05) is 39.8 Å². The fourth-order valence-corrected chi connectivity index (χ4v) is 3.15. The molecule has 1 unspecified atom stereocenters. The molecule has 0 bridgehead atoms. The van der Waals surface area contributed by atoms with Gasteiger partial charge in [0.05, 0.1) is 0 Å². The molecule has 0 radical (unpaired) electrons. The molecule has 0 saturated heterocycles. The number of hydrogen-bond donors (Lipinski definition) is 2. The van der Waals surface area contributed by atoms with Gasteiger partial charge in [0.1, 0.15) is 0 Å². The van der Waals surface area contributed by atoms with Crippen molar-refractivity contribution in [2.45, 2.75) is 79.6 Å². The molecule has 0 aromatic heterocycles. The zero-order chi connectivity index (χ0) is 19.7. The standard InChI is InChI=1S/C22H36N2O2/c1-7-15(6)21(25)23-19-12-18(16(8-2)9-3)13-20(14-19)24-22(26)17(10-4)11-5/h12-17H,7-11H2,1-6H3,(H,23,25)(H,24,26). The van der Waals surface area contributed by atoms with Crippen LogP contribution in [0.1, 0.15) is 85.1 Å². The maximum atomic E-state index is 12.5. The first-order valence-corrected chi connectivity index (χ1v) is 10.2. The van der Waals surface area contributed by atoms with E-state index < -0.39 is 0 Å². The lowest BCUT2D eigenvalue weighted by Crippen LogP contribution is -2.22. The van der Waals surface area contributed by atoms with Gasteiger partial charge in [0.15, 0.2) is 0 Å². The fourth-order valence-electron chi connectivity index (χ4n) is 3.15. The number of carbonyl (C=O) groups excluding carboxylic acids is 2. The van der Waals surface area contributed by atoms with Gasteiger partial charge in [-0.2, -0.15) is 0 Å². The normalized spacial score (nSPS) is 12.3. The first kappa shape index (κ1) is 22.2. The average Bonchev–Trinajstić information content (AvgIpc) is 2.62. The Balaban J connectivity index is 3.15. The Hall–Kier alpha value is -1.84. The van der Waals surface area contributed by atoms with Gasteiger partial charge in [-0.1, -0.05) is 41.5 Å². The molecule has 1 aromatic rings. The molecule has 1 atom stereocenters. The fraction of sp³-hybridized carbons (Fsp3) is 0.636. The Morgan fingerprint density at radius 3 is 1.69 bits per heavy atom. The maximum Gasteiger partial charge on any atom is 0.227 e. The summed E-state index contributed by atoms with van der Waals surface area (Å²) >= 11 is 0. The second-order valence-electron chi connectivity index (χ2n) is 7.16. The van der Waals surface area contributed by atoms with Crippen LogP contribution in [-0.2, 0) is 9.59 Å². The largest absolute Gasteiger partial charge is 0.326 e. The molecule has 0 aliphatic rings. The Bertz CT molecular complexity index is 590. The Kier molecular flexibility index (Phi) is 9.39. The van der Waals surface area contributed by atoms with Crippen molar-refractivity contribution in [3.05, 3.63) is 23.8 Å². The van der Waals surface area contributed by atoms with Gasteiger partial charge in [0.25, 0.3) is 0 Å². The Morgan fingerprint density at radius 1 is 0.769 bits per heavy atom. The Labute approximate surface area is 159 Å². The van der Waals surface area contributed by atoms with Crippen LogP contribution in [0.3, 0.4) is 0 Å². The van der Waals surface area contributed by atoms with Crippen LogP contribution < -0.4 is 10.6 Å². The molecule has 146 valence electrons. The number of hydrogen-bond acceptors (Lipinski definition) is 2. The minimum Gasteiger partial charge on any atom is -0.326 e. The molecule has 2 amide bonds. The first-order chi connectivity index (χ1) is 12.4. The number of anilines is 2. The third kappa shape index (κ3) is 6.15. The molecule has 0 aliphatic carbocycles. The predicted octanol–water partition coefficient (Wildman–Crippen LogP) is 5.95. The van der Waals surface area contributed by atoms with Gasteiger partial charge in [-0.25, -0.2) is 0 Å². The van der Waals surface area contributed by atoms with E-state index in [0.717, 1.165) is 49.0 Å². The van der Waals surface area contributed by atoms with E-state index in [9.17, 15) is 9.59 Å². The quantitative estimate of drug-likeness (QED) is 0.541. The molecule has 0 aliphatic heterocycles. The molecule has 4 nitrogen and oxygen atoms in total. The summed E-state index contributed by atoms with van der Waals surface area (Å²) in [5.74, 6) is 0.473. The number of carbonyl (C=O) groups is 2. The van der Waals surface area contributed by atoms with Gasteiger partial charge in [0.2, 0.25) is 11.8 Å². The van der Waals surface area contributed by atoms with Crippen LogP contribution in [-0.4, -0.2) is 11.8 Å². The number of rotatable bonds is 10. The summed E-state index contributed by atoms with van der Waals surface area (Å²) in [6.07, 6.45) is 4.51. The highest BCUT2D eigenvalue weighted by atomic mass is 16.2. The SMILES string of the molecule is CCC(C)C(=O)Nc1cc(NC(=O)C(CC)CC)cc(C(CC)CC)c1. The van der Waals surface area contributed by atoms with Crippen LogP contribution in [0, 0.1) is 11.8 Å². The van der Waals surface area contributed by atoms with Crippen LogP contribution >= 0.6 is 0 Å². The summed E-state index contributed by atoms with van der Waals surface area (Å²) in [6.45, 7) is 12.3. The summed E-state index contributed by atoms with van der Waals surface area (Å²) in [7, 11) is 0. The molecule has 0 spiro atoms. The van der Waals surface area contributed by atoms with E-state index in [2.05, 4.69) is 30.5 Å². The monoisotopic (exact) mass is 360 g/mol. The van der Waals surface area contributed by atoms with Crippen LogP contribution in [0.2, 0.25) is 0 Å². The molecule has 2 N–H and O–H groups in total. The highest BCUT2D eigenvalue weighted by Crippen LogP contribution is 2.30. The summed E-state index contributed by atoms with van der Waals surface area (Å²) < 4.78 is 0. The topological polar surface area (TPSA) is 58.2 Å². The van der Waals surface area contributed by atoms with Gasteiger partial charge < -0.3 is 10.6 Å². The minimum absolute atomic E-state index is 0.0185. The van der Waals surface area contributed by atoms with Crippen molar-refractivity contribution in [2.75, 3.05) is 10.6 Å². The molecular weight excluding hydrogens is 324 g/mol. The lowest BCUT2D eigenvalue weighted by molar-refractivity contribution is -0.120. The highest BCUT2D eigenvalue weighted by Gasteiger charge is 2.17. The molecule has 0 heterocycles. The maximum absolute atomic E-state index is 12.5. The third-order valence-electron chi connectivity index (χ3n) is 5.36. The second-order valence-corrected chi connectivity index (χ2v) is 7.16. The second kappa shape index (κ2) is 11.0. The van der Waals surface area contributed by atoms with E-state index in [1.54, 1.807) is 0 Å². The highest BCUT2D eigenvalue weighted by molar-refractivity contribution is 5.95. The van der Waals surface area contributed by atoms with Crippen molar-refractivity contribution in [1.29, 1.82) is 0 Å². The van der Waals surface area contributed by atoms with Gasteiger partial charge in [-0.05, 0) is 61.8 Å². The molecule has 26 heavy (non-hydrogen) atoms.